The van der Waals surface area contributed by atoms with Crippen LogP contribution in [0.2, 0.25) is 0 Å². The lowest BCUT2D eigenvalue weighted by Crippen LogP contribution is -2.45. The molecule has 2 aromatic rings. The number of allylic oxidation sites excluding steroid dienone is 1. The molecule has 150 valence electrons. The molecule has 1 amide bonds. The largest absolute Gasteiger partial charge is 0.348 e. The predicted octanol–water partition coefficient (Wildman–Crippen LogP) is 3.89. The summed E-state index contributed by atoms with van der Waals surface area (Å²) in [7, 11) is 0. The van der Waals surface area contributed by atoms with Gasteiger partial charge in [0.2, 0.25) is 0 Å². The van der Waals surface area contributed by atoms with E-state index in [4.69, 9.17) is 0 Å². The van der Waals surface area contributed by atoms with Gasteiger partial charge in [-0.25, -0.2) is 9.37 Å². The second-order valence-electron chi connectivity index (χ2n) is 7.27. The Kier molecular flexibility index (Phi) is 6.91. The van der Waals surface area contributed by atoms with Crippen LogP contribution in [0.25, 0.3) is 5.69 Å². The summed E-state index contributed by atoms with van der Waals surface area (Å²) in [6.45, 7) is 7.14. The predicted molar refractivity (Wildman–Crippen MR) is 112 cm³/mol. The van der Waals surface area contributed by atoms with Gasteiger partial charge in [0, 0.05) is 31.4 Å². The van der Waals surface area contributed by atoms with Crippen LogP contribution in [0.1, 0.15) is 37.2 Å². The van der Waals surface area contributed by atoms with Crippen LogP contribution in [-0.4, -0.2) is 52.3 Å². The van der Waals surface area contributed by atoms with Crippen LogP contribution in [0, 0.1) is 5.82 Å². The van der Waals surface area contributed by atoms with Crippen LogP contribution in [0.4, 0.5) is 4.39 Å². The number of benzene rings is 1. The molecule has 0 atom stereocenters. The third-order valence-corrected chi connectivity index (χ3v) is 5.56. The molecule has 3 rings (SSSR count). The summed E-state index contributed by atoms with van der Waals surface area (Å²) in [5, 5.41) is 3.86. The number of likely N-dealkylation sites (tertiary alicyclic amines) is 1. The summed E-state index contributed by atoms with van der Waals surface area (Å²) in [5.41, 5.74) is 2.53. The van der Waals surface area contributed by atoms with Gasteiger partial charge in [0.25, 0.3) is 5.91 Å². The van der Waals surface area contributed by atoms with Gasteiger partial charge in [-0.2, -0.15) is 0 Å². The van der Waals surface area contributed by atoms with Gasteiger partial charge in [-0.15, -0.1) is 0 Å². The van der Waals surface area contributed by atoms with E-state index in [9.17, 15) is 9.18 Å². The quantitative estimate of drug-likeness (QED) is 0.588. The molecule has 1 aliphatic rings. The maximum atomic E-state index is 13.3. The first-order valence-electron chi connectivity index (χ1n) is 9.52. The van der Waals surface area contributed by atoms with E-state index in [0.29, 0.717) is 10.9 Å². The zero-order valence-corrected chi connectivity index (χ0v) is 17.4. The number of thioether (sulfide) groups is 1. The van der Waals surface area contributed by atoms with Crippen LogP contribution >= 0.6 is 11.8 Å². The molecule has 1 aliphatic heterocycles. The standard InChI is InChI=1S/C21H27FN4OS/c1-15(2)8-11-25-12-9-17(10-13-25)24-20(27)19-14-23-21(28-3)26(19)18-6-4-16(22)5-7-18/h4-8,14,17H,9-13H2,1-3H3,(H,24,27). The van der Waals surface area contributed by atoms with Gasteiger partial charge in [0.1, 0.15) is 11.5 Å². The summed E-state index contributed by atoms with van der Waals surface area (Å²) in [5.74, 6) is -0.444. The molecule has 1 fully saturated rings. The third-order valence-electron chi connectivity index (χ3n) is 4.91. The third kappa shape index (κ3) is 5.02. The average Bonchev–Trinajstić information content (AvgIpc) is 3.12. The van der Waals surface area contributed by atoms with E-state index in [0.717, 1.165) is 38.2 Å². The monoisotopic (exact) mass is 402 g/mol. The molecule has 0 aliphatic carbocycles. The molecule has 5 nitrogen and oxygen atoms in total. The molecule has 0 unspecified atom stereocenters. The fourth-order valence-electron chi connectivity index (χ4n) is 3.31. The summed E-state index contributed by atoms with van der Waals surface area (Å²) in [6, 6.07) is 6.27. The number of imidazole rings is 1. The first-order chi connectivity index (χ1) is 13.5. The lowest BCUT2D eigenvalue weighted by atomic mass is 10.0. The van der Waals surface area contributed by atoms with Gasteiger partial charge in [0.15, 0.2) is 5.16 Å². The van der Waals surface area contributed by atoms with Gasteiger partial charge in [-0.1, -0.05) is 23.4 Å². The first-order valence-corrected chi connectivity index (χ1v) is 10.7. The lowest BCUT2D eigenvalue weighted by Gasteiger charge is -2.31. The van der Waals surface area contributed by atoms with Gasteiger partial charge in [-0.3, -0.25) is 14.3 Å². The molecule has 1 N–H and O–H groups in total. The number of hydrogen-bond donors (Lipinski definition) is 1. The average molecular weight is 403 g/mol. The molecule has 28 heavy (non-hydrogen) atoms. The van der Waals surface area contributed by atoms with E-state index in [1.54, 1.807) is 22.9 Å². The molecule has 0 saturated carbocycles. The second-order valence-corrected chi connectivity index (χ2v) is 8.05. The summed E-state index contributed by atoms with van der Waals surface area (Å²) < 4.78 is 15.1. The van der Waals surface area contributed by atoms with E-state index in [1.807, 2.05) is 6.26 Å². The molecule has 1 aromatic carbocycles. The number of hydrogen-bond acceptors (Lipinski definition) is 4. The number of carbonyl (C=O) groups is 1. The summed E-state index contributed by atoms with van der Waals surface area (Å²) in [6.07, 6.45) is 7.61. The maximum Gasteiger partial charge on any atom is 0.270 e. The van der Waals surface area contributed by atoms with Crippen molar-refractivity contribution < 1.29 is 9.18 Å². The van der Waals surface area contributed by atoms with Gasteiger partial charge < -0.3 is 5.32 Å². The van der Waals surface area contributed by atoms with Crippen molar-refractivity contribution in [2.75, 3.05) is 25.9 Å². The first kappa shape index (κ1) is 20.6. The highest BCUT2D eigenvalue weighted by Gasteiger charge is 2.23. The summed E-state index contributed by atoms with van der Waals surface area (Å²) in [4.78, 5) is 19.7. The number of amides is 1. The van der Waals surface area contributed by atoms with Crippen molar-refractivity contribution in [1.29, 1.82) is 0 Å². The number of aromatic nitrogens is 2. The Balaban J connectivity index is 1.68. The van der Waals surface area contributed by atoms with Crippen molar-refractivity contribution >= 4 is 17.7 Å². The number of piperidine rings is 1. The summed E-state index contributed by atoms with van der Waals surface area (Å²) >= 11 is 1.45. The Labute approximate surface area is 170 Å². The van der Waals surface area contributed by atoms with E-state index in [-0.39, 0.29) is 17.8 Å². The molecule has 0 spiro atoms. The van der Waals surface area contributed by atoms with Crippen molar-refractivity contribution in [3.63, 3.8) is 0 Å². The normalized spacial score (nSPS) is 15.4. The minimum atomic E-state index is -0.305. The number of halogens is 1. The highest BCUT2D eigenvalue weighted by atomic mass is 32.2. The second kappa shape index (κ2) is 9.39. The highest BCUT2D eigenvalue weighted by Crippen LogP contribution is 2.22. The van der Waals surface area contributed by atoms with Crippen LogP contribution in [-0.2, 0) is 0 Å². The number of nitrogens with zero attached hydrogens (tertiary/aromatic N) is 3. The molecule has 0 radical (unpaired) electrons. The van der Waals surface area contributed by atoms with Gasteiger partial charge in [0.05, 0.1) is 6.20 Å². The Morgan fingerprint density at radius 3 is 2.57 bits per heavy atom. The van der Waals surface area contributed by atoms with Crippen molar-refractivity contribution in [1.82, 2.24) is 19.8 Å². The van der Waals surface area contributed by atoms with Crippen LogP contribution in [0.5, 0.6) is 0 Å². The van der Waals surface area contributed by atoms with E-state index >= 15 is 0 Å². The highest BCUT2D eigenvalue weighted by molar-refractivity contribution is 7.98. The van der Waals surface area contributed by atoms with Crippen molar-refractivity contribution in [3.05, 3.63) is 53.6 Å². The number of nitrogens with one attached hydrogen (secondary N) is 1. The molecular formula is C21H27FN4OS. The maximum absolute atomic E-state index is 13.3. The SMILES string of the molecule is CSc1ncc(C(=O)NC2CCN(CC=C(C)C)CC2)n1-c1ccc(F)cc1. The van der Waals surface area contributed by atoms with Crippen LogP contribution < -0.4 is 5.32 Å². The van der Waals surface area contributed by atoms with Crippen LogP contribution in [0.15, 0.2) is 47.3 Å². The molecular weight excluding hydrogens is 375 g/mol. The topological polar surface area (TPSA) is 50.2 Å². The molecule has 2 heterocycles. The molecule has 0 bridgehead atoms. The van der Waals surface area contributed by atoms with Gasteiger partial charge in [-0.05, 0) is 57.2 Å². The Hall–Kier alpha value is -2.12. The fraction of sp³-hybridized carbons (Fsp3) is 0.429. The zero-order valence-electron chi connectivity index (χ0n) is 16.6. The van der Waals surface area contributed by atoms with E-state index < -0.39 is 0 Å². The Bertz CT molecular complexity index is 835. The van der Waals surface area contributed by atoms with Crippen molar-refractivity contribution in [2.24, 2.45) is 0 Å². The van der Waals surface area contributed by atoms with Crippen molar-refractivity contribution in [3.8, 4) is 5.69 Å². The molecule has 1 aromatic heterocycles. The minimum absolute atomic E-state index is 0.139. The number of rotatable bonds is 6. The number of carbonyl (C=O) groups excluding carboxylic acids is 1. The van der Waals surface area contributed by atoms with E-state index in [2.05, 4.69) is 35.1 Å². The molecule has 7 heteroatoms. The van der Waals surface area contributed by atoms with Crippen LogP contribution in [0.3, 0.4) is 0 Å². The van der Waals surface area contributed by atoms with Crippen molar-refractivity contribution in [2.45, 2.75) is 37.9 Å². The molecule has 1 saturated heterocycles. The smallest absolute Gasteiger partial charge is 0.270 e. The lowest BCUT2D eigenvalue weighted by molar-refractivity contribution is 0.0906. The Morgan fingerprint density at radius 1 is 1.29 bits per heavy atom. The zero-order chi connectivity index (χ0) is 20.1. The minimum Gasteiger partial charge on any atom is -0.348 e. The van der Waals surface area contributed by atoms with E-state index in [1.165, 1.54) is 29.5 Å². The Morgan fingerprint density at radius 2 is 1.96 bits per heavy atom. The fourth-order valence-corrected chi connectivity index (χ4v) is 3.85. The van der Waals surface area contributed by atoms with Gasteiger partial charge >= 0.3 is 0 Å².